The molecule has 2 aromatic rings. The van der Waals surface area contributed by atoms with Gasteiger partial charge >= 0.3 is 0 Å². The largest absolute Gasteiger partial charge is 0.494 e. The second-order valence-corrected chi connectivity index (χ2v) is 7.28. The van der Waals surface area contributed by atoms with Crippen molar-refractivity contribution in [3.63, 3.8) is 0 Å². The molecule has 0 radical (unpaired) electrons. The topological polar surface area (TPSA) is 24.5 Å². The smallest absolute Gasteiger partial charge is 0.124 e. The van der Waals surface area contributed by atoms with Gasteiger partial charge in [0, 0.05) is 12.1 Å². The predicted octanol–water partition coefficient (Wildman–Crippen LogP) is 6.46. The monoisotopic (exact) mass is 442 g/mol. The number of hydrogen-bond donors (Lipinski definition) is 1. The maximum Gasteiger partial charge on any atom is 0.124 e. The van der Waals surface area contributed by atoms with Crippen molar-refractivity contribution in [2.24, 2.45) is 0 Å². The molecular formula is C24H40Cl2N2O. The summed E-state index contributed by atoms with van der Waals surface area (Å²) in [6.45, 7) is 12.9. The molecule has 5 heteroatoms. The van der Waals surface area contributed by atoms with Gasteiger partial charge in [0.05, 0.1) is 6.61 Å². The number of hydrogen-bond acceptors (Lipinski definition) is 3. The van der Waals surface area contributed by atoms with E-state index in [9.17, 15) is 0 Å². The van der Waals surface area contributed by atoms with Crippen LogP contribution >= 0.6 is 24.8 Å². The third-order valence-corrected chi connectivity index (χ3v) is 5.08. The zero-order valence-corrected chi connectivity index (χ0v) is 20.0. The fourth-order valence-corrected chi connectivity index (χ4v) is 3.53. The molecule has 0 heterocycles. The van der Waals surface area contributed by atoms with Gasteiger partial charge < -0.3 is 15.0 Å². The van der Waals surface area contributed by atoms with Crippen molar-refractivity contribution in [3.8, 4) is 5.75 Å². The van der Waals surface area contributed by atoms with Crippen LogP contribution in [0.3, 0.4) is 0 Å². The Labute approximate surface area is 190 Å². The lowest BCUT2D eigenvalue weighted by Gasteiger charge is -2.22. The number of nitrogens with one attached hydrogen (secondary N) is 1. The third kappa shape index (κ3) is 9.57. The first kappa shape index (κ1) is 28.0. The molecule has 0 aliphatic rings. The molecule has 0 unspecified atom stereocenters. The van der Waals surface area contributed by atoms with Crippen LogP contribution in [0, 0.1) is 0 Å². The SMILES string of the molecule is CCCCN(CCCC)CCCNCc1c(OCC)ccc2ccccc12.Cl.Cl. The van der Waals surface area contributed by atoms with E-state index in [1.807, 2.05) is 6.92 Å². The Bertz CT molecular complexity index is 658. The highest BCUT2D eigenvalue weighted by Crippen LogP contribution is 2.28. The zero-order valence-electron chi connectivity index (χ0n) is 18.4. The van der Waals surface area contributed by atoms with Crippen LogP contribution in [0.15, 0.2) is 36.4 Å². The Morgan fingerprint density at radius 2 is 1.48 bits per heavy atom. The maximum absolute atomic E-state index is 5.88. The summed E-state index contributed by atoms with van der Waals surface area (Å²) in [5.41, 5.74) is 1.28. The summed E-state index contributed by atoms with van der Waals surface area (Å²) >= 11 is 0. The number of halogens is 2. The van der Waals surface area contributed by atoms with Gasteiger partial charge in [-0.2, -0.15) is 0 Å². The van der Waals surface area contributed by atoms with Crippen LogP contribution in [0.5, 0.6) is 5.75 Å². The van der Waals surface area contributed by atoms with E-state index >= 15 is 0 Å². The summed E-state index contributed by atoms with van der Waals surface area (Å²) < 4.78 is 5.88. The van der Waals surface area contributed by atoms with Crippen molar-refractivity contribution in [2.45, 2.75) is 59.4 Å². The van der Waals surface area contributed by atoms with Gasteiger partial charge in [-0.15, -0.1) is 24.8 Å². The second kappa shape index (κ2) is 16.8. The molecule has 0 saturated carbocycles. The molecule has 3 nitrogen and oxygen atoms in total. The Balaban J connectivity index is 0.00000392. The quantitative estimate of drug-likeness (QED) is 0.339. The van der Waals surface area contributed by atoms with Gasteiger partial charge in [0.15, 0.2) is 0 Å². The van der Waals surface area contributed by atoms with Gasteiger partial charge in [0.2, 0.25) is 0 Å². The standard InChI is InChI=1S/C24H38N2O.2ClH/c1-4-7-17-26(18-8-5-2)19-11-16-25-20-23-22-13-10-9-12-21(22)14-15-24(23)27-6-3;;/h9-10,12-15,25H,4-8,11,16-20H2,1-3H3;2*1H. The molecular weight excluding hydrogens is 403 g/mol. The van der Waals surface area contributed by atoms with E-state index in [-0.39, 0.29) is 24.8 Å². The van der Waals surface area contributed by atoms with Gasteiger partial charge in [-0.3, -0.25) is 0 Å². The Morgan fingerprint density at radius 3 is 2.14 bits per heavy atom. The maximum atomic E-state index is 5.88. The minimum absolute atomic E-state index is 0. The minimum atomic E-state index is 0. The first-order chi connectivity index (χ1) is 13.3. The van der Waals surface area contributed by atoms with Crippen molar-refractivity contribution >= 4 is 35.6 Å². The molecule has 29 heavy (non-hydrogen) atoms. The van der Waals surface area contributed by atoms with Gasteiger partial charge in [0.25, 0.3) is 0 Å². The molecule has 0 atom stereocenters. The number of fused-ring (bicyclic) bond motifs is 1. The lowest BCUT2D eigenvalue weighted by molar-refractivity contribution is 0.261. The second-order valence-electron chi connectivity index (χ2n) is 7.28. The molecule has 166 valence electrons. The van der Waals surface area contributed by atoms with Gasteiger partial charge in [-0.1, -0.05) is 57.0 Å². The average Bonchev–Trinajstić information content (AvgIpc) is 2.70. The lowest BCUT2D eigenvalue weighted by atomic mass is 10.0. The highest BCUT2D eigenvalue weighted by atomic mass is 35.5. The van der Waals surface area contributed by atoms with Crippen LogP contribution < -0.4 is 10.1 Å². The summed E-state index contributed by atoms with van der Waals surface area (Å²) in [4.78, 5) is 2.64. The van der Waals surface area contributed by atoms with Gasteiger partial charge in [-0.05, 0) is 69.2 Å². The van der Waals surface area contributed by atoms with Crippen molar-refractivity contribution < 1.29 is 4.74 Å². The number of unbranched alkanes of at least 4 members (excludes halogenated alkanes) is 2. The Hall–Kier alpha value is -1.000. The van der Waals surface area contributed by atoms with Crippen LogP contribution in [0.1, 0.15) is 58.4 Å². The van der Waals surface area contributed by atoms with Gasteiger partial charge in [-0.25, -0.2) is 0 Å². The van der Waals surface area contributed by atoms with Crippen molar-refractivity contribution in [1.82, 2.24) is 10.2 Å². The molecule has 2 rings (SSSR count). The van der Waals surface area contributed by atoms with Crippen LogP contribution in [0.4, 0.5) is 0 Å². The fourth-order valence-electron chi connectivity index (χ4n) is 3.53. The van der Waals surface area contributed by atoms with E-state index in [0.29, 0.717) is 6.61 Å². The van der Waals surface area contributed by atoms with Crippen LogP contribution in [-0.2, 0) is 6.54 Å². The van der Waals surface area contributed by atoms with E-state index in [1.165, 1.54) is 68.1 Å². The lowest BCUT2D eigenvalue weighted by Crippen LogP contribution is -2.29. The predicted molar refractivity (Wildman–Crippen MR) is 132 cm³/mol. The molecule has 0 aliphatic heterocycles. The van der Waals surface area contributed by atoms with E-state index in [2.05, 4.69) is 60.5 Å². The summed E-state index contributed by atoms with van der Waals surface area (Å²) in [6, 6.07) is 12.9. The molecule has 0 fully saturated rings. The highest BCUT2D eigenvalue weighted by Gasteiger charge is 2.09. The zero-order chi connectivity index (χ0) is 19.3. The molecule has 0 spiro atoms. The summed E-state index contributed by atoms with van der Waals surface area (Å²) in [5.74, 6) is 1.01. The first-order valence-electron chi connectivity index (χ1n) is 10.9. The molecule has 0 amide bonds. The summed E-state index contributed by atoms with van der Waals surface area (Å²) in [7, 11) is 0. The molecule has 0 saturated heterocycles. The molecule has 2 aromatic carbocycles. The number of nitrogens with zero attached hydrogens (tertiary/aromatic N) is 1. The molecule has 0 aliphatic carbocycles. The fraction of sp³-hybridized carbons (Fsp3) is 0.583. The minimum Gasteiger partial charge on any atom is -0.494 e. The van der Waals surface area contributed by atoms with Crippen LogP contribution in [0.2, 0.25) is 0 Å². The normalized spacial score (nSPS) is 10.6. The van der Waals surface area contributed by atoms with Gasteiger partial charge in [0.1, 0.15) is 5.75 Å². The number of ether oxygens (including phenoxy) is 1. The molecule has 0 aromatic heterocycles. The van der Waals surface area contributed by atoms with Crippen molar-refractivity contribution in [1.29, 1.82) is 0 Å². The highest BCUT2D eigenvalue weighted by molar-refractivity contribution is 5.87. The Morgan fingerprint density at radius 1 is 0.828 bits per heavy atom. The molecule has 1 N–H and O–H groups in total. The van der Waals surface area contributed by atoms with Crippen LogP contribution in [0.25, 0.3) is 10.8 Å². The first-order valence-corrected chi connectivity index (χ1v) is 10.9. The average molecular weight is 444 g/mol. The third-order valence-electron chi connectivity index (χ3n) is 5.08. The van der Waals surface area contributed by atoms with E-state index in [0.717, 1.165) is 18.8 Å². The molecule has 0 bridgehead atoms. The van der Waals surface area contributed by atoms with Crippen LogP contribution in [-0.4, -0.2) is 37.7 Å². The van der Waals surface area contributed by atoms with E-state index < -0.39 is 0 Å². The van der Waals surface area contributed by atoms with E-state index in [1.54, 1.807) is 0 Å². The van der Waals surface area contributed by atoms with Crippen molar-refractivity contribution in [3.05, 3.63) is 42.0 Å². The number of benzene rings is 2. The Kier molecular flexibility index (Phi) is 16.2. The number of rotatable bonds is 14. The van der Waals surface area contributed by atoms with Crippen molar-refractivity contribution in [2.75, 3.05) is 32.8 Å². The summed E-state index contributed by atoms with van der Waals surface area (Å²) in [5, 5.41) is 6.23. The summed E-state index contributed by atoms with van der Waals surface area (Å²) in [6.07, 6.45) is 6.38. The van der Waals surface area contributed by atoms with E-state index in [4.69, 9.17) is 4.74 Å².